The van der Waals surface area contributed by atoms with Crippen molar-refractivity contribution in [2.45, 2.75) is 77.1 Å². The van der Waals surface area contributed by atoms with Crippen molar-refractivity contribution < 1.29 is 41.4 Å². The highest BCUT2D eigenvalue weighted by Gasteiger charge is 2.45. The van der Waals surface area contributed by atoms with Gasteiger partial charge in [-0.15, -0.1) is 0 Å². The Kier molecular flexibility index (Phi) is 9.79. The summed E-state index contributed by atoms with van der Waals surface area (Å²) >= 11 is 0. The number of fused-ring (bicyclic) bond motifs is 1. The molecule has 0 spiro atoms. The van der Waals surface area contributed by atoms with Gasteiger partial charge in [-0.2, -0.15) is 0 Å². The fourth-order valence-electron chi connectivity index (χ4n) is 6.48. The van der Waals surface area contributed by atoms with Crippen molar-refractivity contribution in [1.82, 2.24) is 14.4 Å². The van der Waals surface area contributed by atoms with Crippen LogP contribution in [0.5, 0.6) is 5.75 Å². The number of nitrogens with one attached hydrogen (secondary N) is 1. The summed E-state index contributed by atoms with van der Waals surface area (Å²) in [5.74, 6) is -2.77. The number of alkyl halides is 4. The van der Waals surface area contributed by atoms with Gasteiger partial charge in [0.1, 0.15) is 11.4 Å². The van der Waals surface area contributed by atoms with Gasteiger partial charge in [0.05, 0.1) is 31.8 Å². The third kappa shape index (κ3) is 7.67. The second-order valence-electron chi connectivity index (χ2n) is 13.3. The smallest absolute Gasteiger partial charge is 0.419 e. The first-order valence-electron chi connectivity index (χ1n) is 15.6. The monoisotopic (exact) mass is 662 g/mol. The van der Waals surface area contributed by atoms with E-state index in [9.17, 15) is 27.2 Å². The molecule has 5 rings (SSSR count). The molecule has 1 aliphatic heterocycles. The molecule has 47 heavy (non-hydrogen) atoms. The van der Waals surface area contributed by atoms with E-state index < -0.39 is 48.6 Å². The number of esters is 1. The Morgan fingerprint density at radius 3 is 2.43 bits per heavy atom. The van der Waals surface area contributed by atoms with Crippen LogP contribution in [0.25, 0.3) is 10.9 Å². The first kappa shape index (κ1) is 34.5. The lowest BCUT2D eigenvalue weighted by Gasteiger charge is -2.42. The van der Waals surface area contributed by atoms with Crippen molar-refractivity contribution in [3.63, 3.8) is 0 Å². The van der Waals surface area contributed by atoms with Crippen molar-refractivity contribution in [3.05, 3.63) is 58.8 Å². The van der Waals surface area contributed by atoms with Crippen LogP contribution in [0.2, 0.25) is 0 Å². The highest BCUT2D eigenvalue weighted by molar-refractivity contribution is 5.96. The number of methoxy groups -OCH3 is 2. The summed E-state index contributed by atoms with van der Waals surface area (Å²) in [6, 6.07) is 7.82. The first-order chi connectivity index (χ1) is 22.1. The highest BCUT2D eigenvalue weighted by atomic mass is 19.3. The lowest BCUT2D eigenvalue weighted by molar-refractivity contribution is -0.0793. The van der Waals surface area contributed by atoms with E-state index in [0.717, 1.165) is 22.1 Å². The summed E-state index contributed by atoms with van der Waals surface area (Å²) in [7, 11) is 2.81. The Morgan fingerprint density at radius 1 is 1.09 bits per heavy atom. The molecule has 2 heterocycles. The maximum Gasteiger partial charge on any atom is 0.419 e. The number of aryl methyl sites for hydroxylation is 1. The molecule has 2 fully saturated rings. The Morgan fingerprint density at radius 2 is 1.81 bits per heavy atom. The van der Waals surface area contributed by atoms with Gasteiger partial charge in [0.25, 0.3) is 12.3 Å². The number of nitrogens with zero attached hydrogens (tertiary/aromatic N) is 3. The molecule has 256 valence electrons. The zero-order chi connectivity index (χ0) is 34.3. The van der Waals surface area contributed by atoms with Crippen LogP contribution in [0.1, 0.15) is 66.7 Å². The lowest BCUT2D eigenvalue weighted by Crippen LogP contribution is -2.49. The van der Waals surface area contributed by atoms with E-state index in [1.807, 2.05) is 19.1 Å². The lowest BCUT2D eigenvalue weighted by atomic mass is 9.87. The van der Waals surface area contributed by atoms with Crippen molar-refractivity contribution >= 4 is 28.7 Å². The number of ether oxygens (including phenoxy) is 3. The predicted octanol–water partition coefficient (Wildman–Crippen LogP) is 6.86. The molecule has 1 N–H and O–H groups in total. The molecule has 3 aromatic rings. The largest absolute Gasteiger partial charge is 0.496 e. The average molecular weight is 663 g/mol. The second-order valence-corrected chi connectivity index (χ2v) is 13.3. The normalized spacial score (nSPS) is 19.1. The number of aromatic nitrogens is 1. The van der Waals surface area contributed by atoms with E-state index in [1.165, 1.54) is 11.7 Å². The molecule has 1 saturated carbocycles. The van der Waals surface area contributed by atoms with Crippen LogP contribution in [0.3, 0.4) is 0 Å². The quantitative estimate of drug-likeness (QED) is 0.197. The molecule has 0 amide bonds. The van der Waals surface area contributed by atoms with Gasteiger partial charge in [0.15, 0.2) is 0 Å². The van der Waals surface area contributed by atoms with Crippen molar-refractivity contribution in [2.24, 2.45) is 0 Å². The Balaban J connectivity index is 1.54. The number of rotatable bonds is 9. The molecule has 2 aliphatic rings. The van der Waals surface area contributed by atoms with Crippen molar-refractivity contribution in [2.75, 3.05) is 45.7 Å². The van der Waals surface area contributed by atoms with E-state index in [-0.39, 0.29) is 24.9 Å². The number of halogens is 4. The van der Waals surface area contributed by atoms with Crippen LogP contribution < -0.4 is 10.1 Å². The molecular formula is C34H42F4N4O5. The third-order valence-electron chi connectivity index (χ3n) is 8.66. The first-order valence-corrected chi connectivity index (χ1v) is 15.6. The van der Waals surface area contributed by atoms with Gasteiger partial charge in [-0.05, 0) is 63.1 Å². The third-order valence-corrected chi connectivity index (χ3v) is 8.66. The Bertz CT molecular complexity index is 1630. The summed E-state index contributed by atoms with van der Waals surface area (Å²) in [6.07, 6.45) is -2.09. The van der Waals surface area contributed by atoms with Gasteiger partial charge in [0.2, 0.25) is 0 Å². The van der Waals surface area contributed by atoms with Crippen LogP contribution >= 0.6 is 0 Å². The van der Waals surface area contributed by atoms with E-state index in [4.69, 9.17) is 14.2 Å². The summed E-state index contributed by atoms with van der Waals surface area (Å²) in [5, 5.41) is 3.87. The minimum absolute atomic E-state index is 0.198. The number of hydrogen-bond donors (Lipinski definition) is 1. The van der Waals surface area contributed by atoms with Crippen LogP contribution in [-0.2, 0) is 16.0 Å². The molecule has 0 unspecified atom stereocenters. The number of benzene rings is 2. The molecule has 2 aromatic carbocycles. The van der Waals surface area contributed by atoms with Crippen LogP contribution in [0.15, 0.2) is 36.5 Å². The maximum atomic E-state index is 13.7. The average Bonchev–Trinajstić information content (AvgIpc) is 3.43. The van der Waals surface area contributed by atoms with Gasteiger partial charge in [-0.1, -0.05) is 6.07 Å². The minimum Gasteiger partial charge on any atom is -0.496 e. The molecule has 1 aliphatic carbocycles. The SMILES string of the molecule is COC(=O)c1ccc([C@H]2CN(CC(F)F)CCN2Cc2c(OC)cc(C)c3c2ccn3C(=O)OC(C)(C)C)cc1NC1CC(F)(F)C1. The number of hydrogen-bond acceptors (Lipinski definition) is 8. The second kappa shape index (κ2) is 13.3. The fourth-order valence-corrected chi connectivity index (χ4v) is 6.48. The minimum atomic E-state index is -2.77. The van der Waals surface area contributed by atoms with Crippen molar-refractivity contribution in [3.8, 4) is 5.75 Å². The summed E-state index contributed by atoms with van der Waals surface area (Å²) in [4.78, 5) is 29.6. The van der Waals surface area contributed by atoms with Gasteiger partial charge in [0, 0.05) is 73.9 Å². The van der Waals surface area contributed by atoms with E-state index >= 15 is 0 Å². The summed E-state index contributed by atoms with van der Waals surface area (Å²) < 4.78 is 72.3. The fraction of sp³-hybridized carbons (Fsp3) is 0.529. The van der Waals surface area contributed by atoms with Gasteiger partial charge >= 0.3 is 12.1 Å². The van der Waals surface area contributed by atoms with Crippen LogP contribution in [0, 0.1) is 6.92 Å². The summed E-state index contributed by atoms with van der Waals surface area (Å²) in [5.41, 5.74) is 2.87. The van der Waals surface area contributed by atoms with Crippen molar-refractivity contribution in [1.29, 1.82) is 0 Å². The zero-order valence-electron chi connectivity index (χ0n) is 27.5. The number of anilines is 1. The Hall–Kier alpha value is -3.84. The van der Waals surface area contributed by atoms with Crippen LogP contribution in [-0.4, -0.2) is 90.8 Å². The number of carbonyl (C=O) groups excluding carboxylic acids is 2. The molecule has 1 aromatic heterocycles. The van der Waals surface area contributed by atoms with E-state index in [0.29, 0.717) is 36.6 Å². The zero-order valence-corrected chi connectivity index (χ0v) is 27.5. The molecule has 1 atom stereocenters. The van der Waals surface area contributed by atoms with Gasteiger partial charge in [-0.3, -0.25) is 14.4 Å². The molecule has 9 nitrogen and oxygen atoms in total. The topological polar surface area (TPSA) is 85.3 Å². The summed E-state index contributed by atoms with van der Waals surface area (Å²) in [6.45, 7) is 8.31. The Labute approximate surface area is 271 Å². The number of piperazine rings is 1. The number of carbonyl (C=O) groups is 2. The molecule has 1 saturated heterocycles. The van der Waals surface area contributed by atoms with E-state index in [2.05, 4.69) is 10.2 Å². The predicted molar refractivity (Wildman–Crippen MR) is 170 cm³/mol. The van der Waals surface area contributed by atoms with Crippen LogP contribution in [0.4, 0.5) is 28.0 Å². The highest BCUT2D eigenvalue weighted by Crippen LogP contribution is 2.41. The van der Waals surface area contributed by atoms with E-state index in [1.54, 1.807) is 57.2 Å². The van der Waals surface area contributed by atoms with Gasteiger partial charge in [-0.25, -0.2) is 27.2 Å². The standard InChI is InChI=1S/C34H42F4N4O5/c1-20-13-28(45-5)25(23-9-10-42(30(20)23)32(44)47-33(2,3)4)17-41-12-11-40(19-29(35)36)18-27(41)21-7-8-24(31(43)46-6)26(14-21)39-22-15-34(37,38)16-22/h7-10,13-14,22,27,29,39H,11-12,15-19H2,1-6H3/t27-/m1/s1. The molecule has 13 heteroatoms. The molecule has 0 bridgehead atoms. The molecule has 0 radical (unpaired) electrons. The maximum absolute atomic E-state index is 13.7. The molecular weight excluding hydrogens is 620 g/mol. The van der Waals surface area contributed by atoms with Gasteiger partial charge < -0.3 is 19.5 Å².